The minimum atomic E-state index is 0.524. The Balaban J connectivity index is 1.70. The van der Waals surface area contributed by atoms with E-state index in [9.17, 15) is 0 Å². The van der Waals surface area contributed by atoms with Crippen molar-refractivity contribution in [3.8, 4) is 11.4 Å². The van der Waals surface area contributed by atoms with Gasteiger partial charge in [-0.05, 0) is 49.2 Å². The largest absolute Gasteiger partial charge is 0.489 e. The van der Waals surface area contributed by atoms with Crippen LogP contribution in [0.1, 0.15) is 16.7 Å². The van der Waals surface area contributed by atoms with Gasteiger partial charge in [0.25, 0.3) is 0 Å². The fourth-order valence-electron chi connectivity index (χ4n) is 2.34. The third-order valence-corrected chi connectivity index (χ3v) is 3.26. The Labute approximate surface area is 124 Å². The highest BCUT2D eigenvalue weighted by atomic mass is 16.5. The lowest BCUT2D eigenvalue weighted by atomic mass is 10.1. The number of rotatable bonds is 4. The van der Waals surface area contributed by atoms with Crippen LogP contribution < -0.4 is 4.74 Å². The van der Waals surface area contributed by atoms with Crippen LogP contribution >= 0.6 is 0 Å². The maximum absolute atomic E-state index is 5.85. The second kappa shape index (κ2) is 5.83. The van der Waals surface area contributed by atoms with E-state index in [1.807, 2.05) is 47.4 Å². The summed E-state index contributed by atoms with van der Waals surface area (Å²) in [6, 6.07) is 16.3. The van der Waals surface area contributed by atoms with E-state index in [4.69, 9.17) is 4.74 Å². The molecule has 3 nitrogen and oxygen atoms in total. The second-order valence-electron chi connectivity index (χ2n) is 5.24. The summed E-state index contributed by atoms with van der Waals surface area (Å²) in [5.41, 5.74) is 4.53. The maximum Gasteiger partial charge on any atom is 0.120 e. The highest BCUT2D eigenvalue weighted by molar-refractivity contribution is 5.33. The molecule has 1 heterocycles. The van der Waals surface area contributed by atoms with Gasteiger partial charge < -0.3 is 4.74 Å². The number of benzene rings is 2. The summed E-state index contributed by atoms with van der Waals surface area (Å²) in [5, 5.41) is 4.37. The van der Waals surface area contributed by atoms with E-state index in [2.05, 4.69) is 37.1 Å². The monoisotopic (exact) mass is 278 g/mol. The van der Waals surface area contributed by atoms with Crippen LogP contribution in [0.4, 0.5) is 0 Å². The molecule has 106 valence electrons. The SMILES string of the molecule is Cc1cc(C)cc(OCc2cnn(-c3ccccc3)c2)c1. The first-order valence-electron chi connectivity index (χ1n) is 7.01. The molecule has 0 fully saturated rings. The lowest BCUT2D eigenvalue weighted by Crippen LogP contribution is -1.96. The molecule has 0 atom stereocenters. The number of hydrogen-bond donors (Lipinski definition) is 0. The van der Waals surface area contributed by atoms with Gasteiger partial charge in [-0.25, -0.2) is 4.68 Å². The summed E-state index contributed by atoms with van der Waals surface area (Å²) in [4.78, 5) is 0. The molecule has 0 radical (unpaired) electrons. The van der Waals surface area contributed by atoms with Crippen molar-refractivity contribution in [1.82, 2.24) is 9.78 Å². The molecular formula is C18H18N2O. The number of aryl methyl sites for hydroxylation is 2. The molecule has 0 unspecified atom stereocenters. The Morgan fingerprint density at radius 3 is 2.43 bits per heavy atom. The number of nitrogens with zero attached hydrogens (tertiary/aromatic N) is 2. The van der Waals surface area contributed by atoms with Crippen LogP contribution in [0.3, 0.4) is 0 Å². The maximum atomic E-state index is 5.85. The molecule has 0 aliphatic carbocycles. The third-order valence-electron chi connectivity index (χ3n) is 3.26. The van der Waals surface area contributed by atoms with E-state index in [1.54, 1.807) is 0 Å². The summed E-state index contributed by atoms with van der Waals surface area (Å²) in [6.45, 7) is 4.68. The highest BCUT2D eigenvalue weighted by Crippen LogP contribution is 2.18. The van der Waals surface area contributed by atoms with Gasteiger partial charge in [-0.3, -0.25) is 0 Å². The van der Waals surface area contributed by atoms with E-state index in [0.29, 0.717) is 6.61 Å². The number of ether oxygens (including phenoxy) is 1. The first-order valence-corrected chi connectivity index (χ1v) is 7.01. The molecule has 1 aromatic heterocycles. The third kappa shape index (κ3) is 3.31. The van der Waals surface area contributed by atoms with E-state index in [1.165, 1.54) is 11.1 Å². The quantitative estimate of drug-likeness (QED) is 0.719. The van der Waals surface area contributed by atoms with Crippen molar-refractivity contribution >= 4 is 0 Å². The van der Waals surface area contributed by atoms with Crippen LogP contribution in [-0.4, -0.2) is 9.78 Å². The normalized spacial score (nSPS) is 10.6. The molecule has 2 aromatic carbocycles. The Kier molecular flexibility index (Phi) is 3.73. The Morgan fingerprint density at radius 2 is 1.71 bits per heavy atom. The van der Waals surface area contributed by atoms with E-state index >= 15 is 0 Å². The van der Waals surface area contributed by atoms with Crippen molar-refractivity contribution in [2.75, 3.05) is 0 Å². The second-order valence-corrected chi connectivity index (χ2v) is 5.24. The van der Waals surface area contributed by atoms with Crippen molar-refractivity contribution in [3.05, 3.63) is 77.6 Å². The van der Waals surface area contributed by atoms with Crippen molar-refractivity contribution < 1.29 is 4.74 Å². The van der Waals surface area contributed by atoms with Crippen LogP contribution in [0.5, 0.6) is 5.75 Å². The molecule has 0 bridgehead atoms. The van der Waals surface area contributed by atoms with Gasteiger partial charge in [0.1, 0.15) is 12.4 Å². The molecule has 21 heavy (non-hydrogen) atoms. The predicted molar refractivity (Wildman–Crippen MR) is 83.8 cm³/mol. The number of para-hydroxylation sites is 1. The van der Waals surface area contributed by atoms with Crippen molar-refractivity contribution in [1.29, 1.82) is 0 Å². The fraction of sp³-hybridized carbons (Fsp3) is 0.167. The number of aromatic nitrogens is 2. The van der Waals surface area contributed by atoms with E-state index in [-0.39, 0.29) is 0 Å². The van der Waals surface area contributed by atoms with Gasteiger partial charge in [0.2, 0.25) is 0 Å². The van der Waals surface area contributed by atoms with Gasteiger partial charge >= 0.3 is 0 Å². The Bertz CT molecular complexity index is 712. The van der Waals surface area contributed by atoms with Crippen LogP contribution in [0.25, 0.3) is 5.69 Å². The minimum Gasteiger partial charge on any atom is -0.489 e. The molecule has 0 N–H and O–H groups in total. The van der Waals surface area contributed by atoms with Crippen molar-refractivity contribution in [3.63, 3.8) is 0 Å². The van der Waals surface area contributed by atoms with Gasteiger partial charge in [0.15, 0.2) is 0 Å². The summed E-state index contributed by atoms with van der Waals surface area (Å²) in [7, 11) is 0. The summed E-state index contributed by atoms with van der Waals surface area (Å²) < 4.78 is 7.71. The topological polar surface area (TPSA) is 27.1 Å². The lowest BCUT2D eigenvalue weighted by molar-refractivity contribution is 0.306. The highest BCUT2D eigenvalue weighted by Gasteiger charge is 2.02. The predicted octanol–water partition coefficient (Wildman–Crippen LogP) is 4.07. The molecule has 0 saturated carbocycles. The van der Waals surface area contributed by atoms with E-state index in [0.717, 1.165) is 17.0 Å². The van der Waals surface area contributed by atoms with Gasteiger partial charge in [-0.15, -0.1) is 0 Å². The molecule has 0 amide bonds. The average Bonchev–Trinajstić information content (AvgIpc) is 2.94. The Hall–Kier alpha value is -2.55. The fourth-order valence-corrected chi connectivity index (χ4v) is 2.34. The van der Waals surface area contributed by atoms with Gasteiger partial charge in [-0.2, -0.15) is 5.10 Å². The van der Waals surface area contributed by atoms with E-state index < -0.39 is 0 Å². The van der Waals surface area contributed by atoms with Crippen molar-refractivity contribution in [2.24, 2.45) is 0 Å². The zero-order valence-electron chi connectivity index (χ0n) is 12.3. The Morgan fingerprint density at radius 1 is 1.00 bits per heavy atom. The van der Waals surface area contributed by atoms with Crippen LogP contribution in [0.2, 0.25) is 0 Å². The summed E-state index contributed by atoms with van der Waals surface area (Å²) >= 11 is 0. The van der Waals surface area contributed by atoms with Crippen molar-refractivity contribution in [2.45, 2.75) is 20.5 Å². The van der Waals surface area contributed by atoms with Crippen LogP contribution in [0, 0.1) is 13.8 Å². The first kappa shape index (κ1) is 13.4. The van der Waals surface area contributed by atoms with Gasteiger partial charge in [-0.1, -0.05) is 24.3 Å². The van der Waals surface area contributed by atoms with Crippen LogP contribution in [0.15, 0.2) is 60.9 Å². The smallest absolute Gasteiger partial charge is 0.120 e. The number of hydrogen-bond acceptors (Lipinski definition) is 2. The average molecular weight is 278 g/mol. The zero-order valence-corrected chi connectivity index (χ0v) is 12.3. The minimum absolute atomic E-state index is 0.524. The standard InChI is InChI=1S/C18H18N2O/c1-14-8-15(2)10-18(9-14)21-13-16-11-19-20(12-16)17-6-4-3-5-7-17/h3-12H,13H2,1-2H3. The molecule has 0 aliphatic rings. The van der Waals surface area contributed by atoms with Gasteiger partial charge in [0.05, 0.1) is 11.9 Å². The van der Waals surface area contributed by atoms with Gasteiger partial charge in [0, 0.05) is 11.8 Å². The molecule has 0 saturated heterocycles. The molecule has 0 spiro atoms. The zero-order chi connectivity index (χ0) is 14.7. The van der Waals surface area contributed by atoms with Crippen LogP contribution in [-0.2, 0) is 6.61 Å². The lowest BCUT2D eigenvalue weighted by Gasteiger charge is -2.07. The molecule has 3 aromatic rings. The first-order chi connectivity index (χ1) is 10.2. The summed E-state index contributed by atoms with van der Waals surface area (Å²) in [5.74, 6) is 0.903. The molecule has 0 aliphatic heterocycles. The summed E-state index contributed by atoms with van der Waals surface area (Å²) in [6.07, 6.45) is 3.84. The molecular weight excluding hydrogens is 260 g/mol. The molecule has 3 heteroatoms. The molecule has 3 rings (SSSR count).